The van der Waals surface area contributed by atoms with Gasteiger partial charge in [-0.1, -0.05) is 84.9 Å². The van der Waals surface area contributed by atoms with Crippen molar-refractivity contribution in [1.82, 2.24) is 11.0 Å². The molecule has 0 amide bonds. The fourth-order valence-corrected chi connectivity index (χ4v) is 4.99. The highest BCUT2D eigenvalue weighted by molar-refractivity contribution is 5.65. The largest absolute Gasteiger partial charge is 0.456 e. The molecule has 0 aliphatic carbocycles. The second kappa shape index (κ2) is 17.2. The Morgan fingerprint density at radius 1 is 0.511 bits per heavy atom. The lowest BCUT2D eigenvalue weighted by Gasteiger charge is -2.19. The molecule has 0 saturated carbocycles. The standard InChI is InChI=1S/C38H44N4O3/c1-41(35-11-5-3-6-12-35)27-9-25-39-43-29-31-15-19-33(20-16-31)37-23-24-38(45-37)34-21-17-32(18-22-34)30-44-40-26-10-28-42(2)36-13-7-4-8-14-36/h3-8,11-24,39-40H,9-10,25-30H2,1-2H3. The van der Waals surface area contributed by atoms with Crippen LogP contribution in [0.15, 0.2) is 126 Å². The second-order valence-electron chi connectivity index (χ2n) is 11.1. The van der Waals surface area contributed by atoms with Gasteiger partial charge >= 0.3 is 0 Å². The summed E-state index contributed by atoms with van der Waals surface area (Å²) >= 11 is 0. The number of hydrogen-bond acceptors (Lipinski definition) is 7. The van der Waals surface area contributed by atoms with Gasteiger partial charge in [0.05, 0.1) is 13.2 Å². The lowest BCUT2D eigenvalue weighted by Crippen LogP contribution is -2.23. The van der Waals surface area contributed by atoms with Gasteiger partial charge in [-0.05, 0) is 60.4 Å². The van der Waals surface area contributed by atoms with Crippen molar-refractivity contribution < 1.29 is 14.1 Å². The maximum atomic E-state index is 6.19. The lowest BCUT2D eigenvalue weighted by molar-refractivity contribution is 0.0279. The van der Waals surface area contributed by atoms with Crippen LogP contribution in [0.25, 0.3) is 22.6 Å². The van der Waals surface area contributed by atoms with Gasteiger partial charge in [-0.15, -0.1) is 0 Å². The minimum Gasteiger partial charge on any atom is -0.456 e. The minimum atomic E-state index is 0.509. The molecule has 1 aromatic heterocycles. The fourth-order valence-electron chi connectivity index (χ4n) is 4.99. The molecule has 7 nitrogen and oxygen atoms in total. The first-order valence-corrected chi connectivity index (χ1v) is 15.7. The molecule has 0 aliphatic heterocycles. The van der Waals surface area contributed by atoms with Crippen molar-refractivity contribution in [3.63, 3.8) is 0 Å². The van der Waals surface area contributed by atoms with Crippen molar-refractivity contribution in [3.8, 4) is 22.6 Å². The Morgan fingerprint density at radius 3 is 1.31 bits per heavy atom. The van der Waals surface area contributed by atoms with E-state index in [1.54, 1.807) is 0 Å². The van der Waals surface area contributed by atoms with Gasteiger partial charge in [0.25, 0.3) is 0 Å². The molecule has 45 heavy (non-hydrogen) atoms. The quantitative estimate of drug-likeness (QED) is 0.0785. The summed E-state index contributed by atoms with van der Waals surface area (Å²) < 4.78 is 6.19. The van der Waals surface area contributed by atoms with Gasteiger partial charge in [0.2, 0.25) is 0 Å². The maximum absolute atomic E-state index is 6.19. The third-order valence-electron chi connectivity index (χ3n) is 7.70. The minimum absolute atomic E-state index is 0.509. The highest BCUT2D eigenvalue weighted by Crippen LogP contribution is 2.29. The molecule has 2 N–H and O–H groups in total. The fraction of sp³-hybridized carbons (Fsp3) is 0.263. The normalized spacial score (nSPS) is 11.1. The lowest BCUT2D eigenvalue weighted by atomic mass is 10.1. The average molecular weight is 605 g/mol. The molecule has 0 unspecified atom stereocenters. The van der Waals surface area contributed by atoms with Crippen LogP contribution in [0.5, 0.6) is 0 Å². The summed E-state index contributed by atoms with van der Waals surface area (Å²) in [6, 6.07) is 41.5. The second-order valence-corrected chi connectivity index (χ2v) is 11.1. The van der Waals surface area contributed by atoms with Gasteiger partial charge in [0.15, 0.2) is 0 Å². The number of nitrogens with zero attached hydrogens (tertiary/aromatic N) is 2. The summed E-state index contributed by atoms with van der Waals surface area (Å²) in [5.74, 6) is 1.68. The Balaban J connectivity index is 0.979. The smallest absolute Gasteiger partial charge is 0.134 e. The van der Waals surface area contributed by atoms with Crippen molar-refractivity contribution in [2.45, 2.75) is 26.1 Å². The van der Waals surface area contributed by atoms with Crippen molar-refractivity contribution in [3.05, 3.63) is 132 Å². The highest BCUT2D eigenvalue weighted by Gasteiger charge is 2.08. The summed E-state index contributed by atoms with van der Waals surface area (Å²) in [4.78, 5) is 15.9. The van der Waals surface area contributed by atoms with Crippen LogP contribution in [0.2, 0.25) is 0 Å². The first-order chi connectivity index (χ1) is 22.2. The number of anilines is 2. The van der Waals surface area contributed by atoms with Crippen LogP contribution >= 0.6 is 0 Å². The van der Waals surface area contributed by atoms with Crippen LogP contribution in [0.4, 0.5) is 11.4 Å². The number of hydrogen-bond donors (Lipinski definition) is 2. The molecule has 0 radical (unpaired) electrons. The van der Waals surface area contributed by atoms with E-state index in [1.165, 1.54) is 11.4 Å². The molecule has 5 aromatic rings. The van der Waals surface area contributed by atoms with Gasteiger partial charge < -0.3 is 14.2 Å². The van der Waals surface area contributed by atoms with Crippen LogP contribution in [0.1, 0.15) is 24.0 Å². The van der Waals surface area contributed by atoms with Crippen LogP contribution in [0, 0.1) is 0 Å². The monoisotopic (exact) mass is 604 g/mol. The molecule has 0 bridgehead atoms. The van der Waals surface area contributed by atoms with Gasteiger partial charge in [-0.2, -0.15) is 0 Å². The molecule has 0 aliphatic rings. The molecule has 7 heteroatoms. The van der Waals surface area contributed by atoms with Crippen molar-refractivity contribution in [1.29, 1.82) is 0 Å². The highest BCUT2D eigenvalue weighted by atomic mass is 16.6. The van der Waals surface area contributed by atoms with Gasteiger partial charge in [0.1, 0.15) is 11.5 Å². The Hall–Kier alpha value is -4.40. The first kappa shape index (κ1) is 32.0. The van der Waals surface area contributed by atoms with Crippen molar-refractivity contribution in [2.75, 3.05) is 50.1 Å². The SMILES string of the molecule is CN(CCCNOCc1ccc(-c2ccc(-c3ccc(CONCCCN(C)c4ccccc4)cc3)o2)cc1)c1ccccc1. The molecule has 234 valence electrons. The summed E-state index contributed by atoms with van der Waals surface area (Å²) in [5.41, 5.74) is 12.9. The Bertz CT molecular complexity index is 1410. The third-order valence-corrected chi connectivity index (χ3v) is 7.70. The number of benzene rings is 4. The Kier molecular flexibility index (Phi) is 12.2. The number of nitrogens with one attached hydrogen (secondary N) is 2. The zero-order valence-corrected chi connectivity index (χ0v) is 26.3. The molecule has 1 heterocycles. The predicted octanol–water partition coefficient (Wildman–Crippen LogP) is 7.71. The third kappa shape index (κ3) is 10.1. The van der Waals surface area contributed by atoms with E-state index >= 15 is 0 Å². The van der Waals surface area contributed by atoms with Gasteiger partial charge in [0, 0.05) is 62.8 Å². The van der Waals surface area contributed by atoms with E-state index in [-0.39, 0.29) is 0 Å². The predicted molar refractivity (Wildman–Crippen MR) is 184 cm³/mol. The van der Waals surface area contributed by atoms with E-state index in [2.05, 4.69) is 132 Å². The van der Waals surface area contributed by atoms with Crippen molar-refractivity contribution >= 4 is 11.4 Å². The molecular weight excluding hydrogens is 560 g/mol. The Labute approximate surface area is 267 Å². The zero-order chi connectivity index (χ0) is 31.1. The first-order valence-electron chi connectivity index (χ1n) is 15.7. The average Bonchev–Trinajstić information content (AvgIpc) is 3.59. The zero-order valence-electron chi connectivity index (χ0n) is 26.3. The van der Waals surface area contributed by atoms with E-state index in [9.17, 15) is 0 Å². The van der Waals surface area contributed by atoms with Gasteiger partial charge in [-0.3, -0.25) is 9.68 Å². The van der Waals surface area contributed by atoms with E-state index in [0.29, 0.717) is 13.2 Å². The summed E-state index contributed by atoms with van der Waals surface area (Å²) in [6.45, 7) is 4.53. The molecule has 5 rings (SSSR count). The Morgan fingerprint density at radius 2 is 0.911 bits per heavy atom. The van der Waals surface area contributed by atoms with E-state index in [4.69, 9.17) is 14.1 Å². The number of furan rings is 1. The molecule has 0 spiro atoms. The maximum Gasteiger partial charge on any atom is 0.134 e. The van der Waals surface area contributed by atoms with Crippen LogP contribution < -0.4 is 20.8 Å². The molecule has 4 aromatic carbocycles. The topological polar surface area (TPSA) is 62.1 Å². The van der Waals surface area contributed by atoms with Crippen LogP contribution in [-0.2, 0) is 22.9 Å². The summed E-state index contributed by atoms with van der Waals surface area (Å²) in [5, 5.41) is 0. The molecule has 0 saturated heterocycles. The summed E-state index contributed by atoms with van der Waals surface area (Å²) in [7, 11) is 4.22. The van der Waals surface area contributed by atoms with Crippen LogP contribution in [-0.4, -0.2) is 40.3 Å². The summed E-state index contributed by atoms with van der Waals surface area (Å²) in [6.07, 6.45) is 1.99. The van der Waals surface area contributed by atoms with E-state index < -0.39 is 0 Å². The molecular formula is C38H44N4O3. The number of hydroxylamine groups is 2. The number of para-hydroxylation sites is 2. The molecule has 0 atom stereocenters. The molecule has 0 fully saturated rings. The number of rotatable bonds is 18. The van der Waals surface area contributed by atoms with Gasteiger partial charge in [-0.25, -0.2) is 11.0 Å². The van der Waals surface area contributed by atoms with Crippen LogP contribution in [0.3, 0.4) is 0 Å². The van der Waals surface area contributed by atoms with E-state index in [1.807, 2.05) is 24.3 Å². The van der Waals surface area contributed by atoms with Crippen molar-refractivity contribution in [2.24, 2.45) is 0 Å². The van der Waals surface area contributed by atoms with E-state index in [0.717, 1.165) is 72.8 Å².